The van der Waals surface area contributed by atoms with Gasteiger partial charge in [0.15, 0.2) is 0 Å². The predicted molar refractivity (Wildman–Crippen MR) is 36.6 cm³/mol. The SMILES string of the molecule is CCSSCC(F)(F)F. The maximum atomic E-state index is 11.3. The summed E-state index contributed by atoms with van der Waals surface area (Å²) in [5.41, 5.74) is 0. The van der Waals surface area contributed by atoms with E-state index in [-0.39, 0.29) is 0 Å². The fourth-order valence-corrected chi connectivity index (χ4v) is 1.73. The van der Waals surface area contributed by atoms with Crippen molar-refractivity contribution in [3.8, 4) is 0 Å². The molecule has 0 aliphatic rings. The second-order valence-corrected chi connectivity index (χ2v) is 4.04. The topological polar surface area (TPSA) is 0 Å². The Morgan fingerprint density at radius 1 is 1.22 bits per heavy atom. The van der Waals surface area contributed by atoms with Crippen LogP contribution in [-0.2, 0) is 0 Å². The Morgan fingerprint density at radius 2 is 1.78 bits per heavy atom. The first kappa shape index (κ1) is 9.49. The quantitative estimate of drug-likeness (QED) is 0.479. The molecule has 0 unspecified atom stereocenters. The van der Waals surface area contributed by atoms with Crippen molar-refractivity contribution in [1.82, 2.24) is 0 Å². The molecule has 0 nitrogen and oxygen atoms in total. The number of hydrogen-bond acceptors (Lipinski definition) is 2. The number of hydrogen-bond donors (Lipinski definition) is 0. The maximum absolute atomic E-state index is 11.3. The Labute approximate surface area is 60.0 Å². The number of alkyl halides is 3. The molecule has 0 aromatic rings. The Bertz CT molecular complexity index is 70.7. The van der Waals surface area contributed by atoms with Gasteiger partial charge < -0.3 is 0 Å². The van der Waals surface area contributed by atoms with Gasteiger partial charge in [0.05, 0.1) is 5.75 Å². The number of rotatable bonds is 3. The highest BCUT2D eigenvalue weighted by molar-refractivity contribution is 8.76. The van der Waals surface area contributed by atoms with E-state index in [4.69, 9.17) is 0 Å². The molecule has 0 aliphatic heterocycles. The van der Waals surface area contributed by atoms with Gasteiger partial charge in [0.25, 0.3) is 0 Å². The summed E-state index contributed by atoms with van der Waals surface area (Å²) in [6.07, 6.45) is -4.01. The van der Waals surface area contributed by atoms with Gasteiger partial charge >= 0.3 is 6.18 Å². The first-order valence-electron chi connectivity index (χ1n) is 2.37. The molecule has 0 saturated heterocycles. The van der Waals surface area contributed by atoms with E-state index in [1.54, 1.807) is 0 Å². The van der Waals surface area contributed by atoms with E-state index in [0.29, 0.717) is 0 Å². The van der Waals surface area contributed by atoms with E-state index in [9.17, 15) is 13.2 Å². The zero-order chi connectivity index (χ0) is 7.33. The Morgan fingerprint density at radius 3 is 2.11 bits per heavy atom. The third-order valence-electron chi connectivity index (χ3n) is 0.424. The second kappa shape index (κ2) is 4.33. The lowest BCUT2D eigenvalue weighted by Crippen LogP contribution is -2.09. The van der Waals surface area contributed by atoms with Gasteiger partial charge in [-0.1, -0.05) is 28.5 Å². The minimum Gasteiger partial charge on any atom is -0.170 e. The van der Waals surface area contributed by atoms with Crippen LogP contribution in [0.5, 0.6) is 0 Å². The van der Waals surface area contributed by atoms with Gasteiger partial charge in [-0.25, -0.2) is 0 Å². The average Bonchev–Trinajstić information content (AvgIpc) is 1.63. The van der Waals surface area contributed by atoms with Gasteiger partial charge in [-0.15, -0.1) is 0 Å². The van der Waals surface area contributed by atoms with Gasteiger partial charge in [-0.3, -0.25) is 0 Å². The zero-order valence-electron chi connectivity index (χ0n) is 4.86. The van der Waals surface area contributed by atoms with Gasteiger partial charge in [-0.05, 0) is 0 Å². The molecule has 0 atom stereocenters. The molecule has 0 radical (unpaired) electrons. The molecule has 9 heavy (non-hydrogen) atoms. The van der Waals surface area contributed by atoms with Crippen LogP contribution in [0.3, 0.4) is 0 Å². The lowest BCUT2D eigenvalue weighted by molar-refractivity contribution is -0.104. The summed E-state index contributed by atoms with van der Waals surface area (Å²) in [4.78, 5) is 0. The van der Waals surface area contributed by atoms with Crippen LogP contribution in [0.25, 0.3) is 0 Å². The highest BCUT2D eigenvalue weighted by Crippen LogP contribution is 2.28. The van der Waals surface area contributed by atoms with Gasteiger partial charge in [0.2, 0.25) is 0 Å². The van der Waals surface area contributed by atoms with Crippen LogP contribution in [0, 0.1) is 0 Å². The molecular formula is C4H7F3S2. The molecule has 0 spiro atoms. The molecule has 0 aliphatic carbocycles. The maximum Gasteiger partial charge on any atom is 0.398 e. The molecule has 0 aromatic carbocycles. The Kier molecular flexibility index (Phi) is 4.56. The third kappa shape index (κ3) is 8.49. The van der Waals surface area contributed by atoms with Crippen LogP contribution < -0.4 is 0 Å². The molecule has 0 aromatic heterocycles. The molecule has 0 bridgehead atoms. The molecular weight excluding hydrogens is 169 g/mol. The zero-order valence-corrected chi connectivity index (χ0v) is 6.50. The van der Waals surface area contributed by atoms with Crippen LogP contribution in [0.15, 0.2) is 0 Å². The summed E-state index contributed by atoms with van der Waals surface area (Å²) in [5.74, 6) is -0.0216. The molecule has 56 valence electrons. The predicted octanol–water partition coefficient (Wildman–Crippen LogP) is 2.95. The minimum absolute atomic E-state index is 0.723. The summed E-state index contributed by atoms with van der Waals surface area (Å²) in [5, 5.41) is 0. The van der Waals surface area contributed by atoms with Crippen molar-refractivity contribution in [3.63, 3.8) is 0 Å². The average molecular weight is 176 g/mol. The molecule has 0 saturated carbocycles. The fraction of sp³-hybridized carbons (Fsp3) is 1.00. The smallest absolute Gasteiger partial charge is 0.170 e. The van der Waals surface area contributed by atoms with Gasteiger partial charge in [0, 0.05) is 5.75 Å². The first-order valence-corrected chi connectivity index (χ1v) is 4.86. The molecule has 0 amide bonds. The van der Waals surface area contributed by atoms with E-state index < -0.39 is 11.9 Å². The molecule has 0 heterocycles. The molecule has 0 N–H and O–H groups in total. The van der Waals surface area contributed by atoms with E-state index in [1.165, 1.54) is 10.8 Å². The lowest BCUT2D eigenvalue weighted by Gasteiger charge is -2.02. The summed E-state index contributed by atoms with van der Waals surface area (Å²) in [6, 6.07) is 0. The van der Waals surface area contributed by atoms with Gasteiger partial charge in [-0.2, -0.15) is 13.2 Å². The van der Waals surface area contributed by atoms with Crippen molar-refractivity contribution in [3.05, 3.63) is 0 Å². The monoisotopic (exact) mass is 176 g/mol. The first-order chi connectivity index (χ1) is 4.06. The van der Waals surface area contributed by atoms with Crippen LogP contribution in [-0.4, -0.2) is 17.7 Å². The lowest BCUT2D eigenvalue weighted by atomic mass is 10.8. The minimum atomic E-state index is -4.01. The normalized spacial score (nSPS) is 12.0. The standard InChI is InChI=1S/C4H7F3S2/c1-2-8-9-3-4(5,6)7/h2-3H2,1H3. The van der Waals surface area contributed by atoms with Gasteiger partial charge in [0.1, 0.15) is 0 Å². The van der Waals surface area contributed by atoms with Crippen molar-refractivity contribution >= 4 is 21.6 Å². The Balaban J connectivity index is 3.07. The molecule has 5 heteroatoms. The fourth-order valence-electron chi connectivity index (χ4n) is 0.192. The van der Waals surface area contributed by atoms with Crippen LogP contribution in [0.2, 0.25) is 0 Å². The van der Waals surface area contributed by atoms with Crippen LogP contribution in [0.4, 0.5) is 13.2 Å². The van der Waals surface area contributed by atoms with Crippen molar-refractivity contribution in [2.24, 2.45) is 0 Å². The molecule has 0 rings (SSSR count). The summed E-state index contributed by atoms with van der Waals surface area (Å²) < 4.78 is 34.0. The largest absolute Gasteiger partial charge is 0.398 e. The van der Waals surface area contributed by atoms with Crippen molar-refractivity contribution in [2.75, 3.05) is 11.5 Å². The van der Waals surface area contributed by atoms with Crippen molar-refractivity contribution in [2.45, 2.75) is 13.1 Å². The van der Waals surface area contributed by atoms with E-state index in [0.717, 1.165) is 16.5 Å². The van der Waals surface area contributed by atoms with E-state index >= 15 is 0 Å². The summed E-state index contributed by atoms with van der Waals surface area (Å²) >= 11 is 0. The molecule has 0 fully saturated rings. The van der Waals surface area contributed by atoms with E-state index in [1.807, 2.05) is 6.92 Å². The highest BCUT2D eigenvalue weighted by Gasteiger charge is 2.26. The van der Waals surface area contributed by atoms with Crippen LogP contribution >= 0.6 is 21.6 Å². The van der Waals surface area contributed by atoms with E-state index in [2.05, 4.69) is 0 Å². The number of halogens is 3. The van der Waals surface area contributed by atoms with Crippen molar-refractivity contribution < 1.29 is 13.2 Å². The van der Waals surface area contributed by atoms with Crippen molar-refractivity contribution in [1.29, 1.82) is 0 Å². The van der Waals surface area contributed by atoms with Crippen LogP contribution in [0.1, 0.15) is 6.92 Å². The Hall–Kier alpha value is 0.490. The second-order valence-electron chi connectivity index (χ2n) is 1.28. The summed E-state index contributed by atoms with van der Waals surface area (Å²) in [6.45, 7) is 1.83. The highest BCUT2D eigenvalue weighted by atomic mass is 33.1. The summed E-state index contributed by atoms with van der Waals surface area (Å²) in [7, 11) is 2.08. The third-order valence-corrected chi connectivity index (χ3v) is 2.83.